The Labute approximate surface area is 399 Å². The Hall–Kier alpha value is -8.28. The average molecular weight is 891 g/mol. The third-order valence-electron chi connectivity index (χ3n) is 14.5. The molecule has 0 atom stereocenters. The Morgan fingerprint density at radius 2 is 0.638 bits per heavy atom. The molecule has 330 valence electrons. The van der Waals surface area contributed by atoms with Crippen LogP contribution in [0, 0.1) is 0 Å². The van der Waals surface area contributed by atoms with E-state index in [9.17, 15) is 10.2 Å². The van der Waals surface area contributed by atoms with Crippen LogP contribution in [0.4, 0.5) is 0 Å². The van der Waals surface area contributed by atoms with E-state index < -0.39 is 5.41 Å². The van der Waals surface area contributed by atoms with Gasteiger partial charge in [-0.25, -0.2) is 0 Å². The molecule has 1 aliphatic rings. The van der Waals surface area contributed by atoms with Crippen LogP contribution in [0.1, 0.15) is 22.3 Å². The van der Waals surface area contributed by atoms with Crippen molar-refractivity contribution in [2.45, 2.75) is 5.41 Å². The highest BCUT2D eigenvalue weighted by Gasteiger charge is 2.49. The molecule has 1 aliphatic carbocycles. The van der Waals surface area contributed by atoms with E-state index in [2.05, 4.69) is 218 Å². The third-order valence-corrected chi connectivity index (χ3v) is 14.5. The van der Waals surface area contributed by atoms with E-state index in [-0.39, 0.29) is 26.4 Å². The van der Waals surface area contributed by atoms with E-state index in [1.807, 2.05) is 0 Å². The van der Waals surface area contributed by atoms with Crippen LogP contribution in [0.5, 0.6) is 11.5 Å². The Bertz CT molecular complexity index is 3750. The maximum Gasteiger partial charge on any atom is 0.127 e. The van der Waals surface area contributed by atoms with E-state index in [1.54, 1.807) is 0 Å². The van der Waals surface area contributed by atoms with Gasteiger partial charge in [-0.15, -0.1) is 0 Å². The smallest absolute Gasteiger partial charge is 0.127 e. The van der Waals surface area contributed by atoms with E-state index in [0.29, 0.717) is 0 Å². The van der Waals surface area contributed by atoms with Gasteiger partial charge >= 0.3 is 0 Å². The van der Waals surface area contributed by atoms with Crippen molar-refractivity contribution >= 4 is 64.6 Å². The minimum Gasteiger partial charge on any atom is -0.491 e. The fourth-order valence-electron chi connectivity index (χ4n) is 11.8. The van der Waals surface area contributed by atoms with E-state index >= 15 is 0 Å². The zero-order valence-electron chi connectivity index (χ0n) is 37.8. The van der Waals surface area contributed by atoms with Crippen LogP contribution >= 0.6 is 0 Å². The molecule has 0 radical (unpaired) electrons. The summed E-state index contributed by atoms with van der Waals surface area (Å²) in [6, 6.07) is 80.0. The van der Waals surface area contributed by atoms with Gasteiger partial charge in [-0.2, -0.15) is 0 Å². The molecule has 4 nitrogen and oxygen atoms in total. The molecule has 4 heteroatoms. The van der Waals surface area contributed by atoms with Crippen LogP contribution in [0.2, 0.25) is 0 Å². The minimum absolute atomic E-state index is 0.0667. The Morgan fingerprint density at radius 3 is 1.07 bits per heavy atom. The second-order valence-corrected chi connectivity index (χ2v) is 18.1. The van der Waals surface area contributed by atoms with Crippen LogP contribution in [0.15, 0.2) is 218 Å². The molecule has 0 saturated carbocycles. The molecule has 0 spiro atoms. The first-order chi connectivity index (χ1) is 34.1. The zero-order valence-corrected chi connectivity index (χ0v) is 37.8. The van der Waals surface area contributed by atoms with E-state index in [0.717, 1.165) is 65.7 Å². The fourth-order valence-corrected chi connectivity index (χ4v) is 11.8. The van der Waals surface area contributed by atoms with E-state index in [1.165, 1.54) is 66.1 Å². The van der Waals surface area contributed by atoms with Crippen molar-refractivity contribution in [2.75, 3.05) is 26.4 Å². The van der Waals surface area contributed by atoms with Crippen molar-refractivity contribution in [3.05, 3.63) is 241 Å². The highest BCUT2D eigenvalue weighted by Crippen LogP contribution is 2.62. The summed E-state index contributed by atoms with van der Waals surface area (Å²) in [6.07, 6.45) is 0. The molecule has 0 heterocycles. The van der Waals surface area contributed by atoms with Gasteiger partial charge in [0.2, 0.25) is 0 Å². The number of aliphatic hydroxyl groups excluding tert-OH is 2. The van der Waals surface area contributed by atoms with Crippen molar-refractivity contribution in [2.24, 2.45) is 0 Å². The predicted octanol–water partition coefficient (Wildman–Crippen LogP) is 15.0. The second kappa shape index (κ2) is 16.5. The molecule has 0 fully saturated rings. The molecule has 12 aromatic rings. The summed E-state index contributed by atoms with van der Waals surface area (Å²) < 4.78 is 12.4. The van der Waals surface area contributed by atoms with Gasteiger partial charge in [0.05, 0.1) is 18.6 Å². The van der Waals surface area contributed by atoms with E-state index in [4.69, 9.17) is 9.47 Å². The Morgan fingerprint density at radius 1 is 0.290 bits per heavy atom. The first-order valence-electron chi connectivity index (χ1n) is 23.8. The van der Waals surface area contributed by atoms with Crippen molar-refractivity contribution in [3.63, 3.8) is 0 Å². The number of aliphatic hydroxyl groups is 2. The summed E-state index contributed by atoms with van der Waals surface area (Å²) in [5.41, 5.74) is 11.0. The lowest BCUT2D eigenvalue weighted by Crippen LogP contribution is -2.30. The standard InChI is InChI=1S/C65H46O4/c66-33-35-68-61-37-43-29-31-45(39-59(43)51-19-5-7-21-53(51)61)65(46-32-30-44-38-62(69-36-34-67)54-22-8-6-20-52(54)60(44)40-46)63-55(49-23-9-15-41-13-1-3-17-47(41)49)25-11-27-57(63)58-28-12-26-56(64(58)65)50-24-10-16-42-14-2-4-18-48(42)50/h1-32,37-40,66-67H,33-36H2. The average Bonchev–Trinajstić information content (AvgIpc) is 3.73. The van der Waals surface area contributed by atoms with Gasteiger partial charge in [-0.1, -0.05) is 194 Å². The SMILES string of the molecule is OCCOc1cc2ccc(C3(c4ccc5cc(OCCO)c6ccccc6c5c4)c4c(cccc4-c4cccc5ccccc45)-c4cccc(-c5cccc6ccccc56)c43)cc2c2ccccc12. The molecular formula is C65H46O4. The first kappa shape index (κ1) is 41.0. The summed E-state index contributed by atoms with van der Waals surface area (Å²) in [5.74, 6) is 1.51. The molecule has 0 aromatic heterocycles. The monoisotopic (exact) mass is 890 g/mol. The molecule has 2 N–H and O–H groups in total. The quantitative estimate of drug-likeness (QED) is 0.134. The van der Waals surface area contributed by atoms with Crippen LogP contribution in [-0.2, 0) is 5.41 Å². The normalized spacial score (nSPS) is 12.8. The molecule has 0 aliphatic heterocycles. The number of rotatable bonds is 10. The molecule has 69 heavy (non-hydrogen) atoms. The minimum atomic E-state index is -0.881. The number of hydrogen-bond acceptors (Lipinski definition) is 4. The highest BCUT2D eigenvalue weighted by atomic mass is 16.5. The summed E-state index contributed by atoms with van der Waals surface area (Å²) in [4.78, 5) is 0. The van der Waals surface area contributed by atoms with Crippen LogP contribution in [0.25, 0.3) is 98.0 Å². The third kappa shape index (κ3) is 6.30. The number of ether oxygens (including phenoxy) is 2. The number of hydrogen-bond donors (Lipinski definition) is 2. The predicted molar refractivity (Wildman–Crippen MR) is 285 cm³/mol. The summed E-state index contributed by atoms with van der Waals surface area (Å²) in [5, 5.41) is 33.0. The van der Waals surface area contributed by atoms with Gasteiger partial charge in [0.1, 0.15) is 24.7 Å². The zero-order chi connectivity index (χ0) is 46.1. The van der Waals surface area contributed by atoms with Crippen molar-refractivity contribution < 1.29 is 19.7 Å². The first-order valence-corrected chi connectivity index (χ1v) is 23.8. The van der Waals surface area contributed by atoms with Gasteiger partial charge < -0.3 is 19.7 Å². The summed E-state index contributed by atoms with van der Waals surface area (Å²) in [6.45, 7) is 0.291. The van der Waals surface area contributed by atoms with Gasteiger partial charge in [0.25, 0.3) is 0 Å². The molecule has 13 rings (SSSR count). The second-order valence-electron chi connectivity index (χ2n) is 18.1. The summed E-state index contributed by atoms with van der Waals surface area (Å²) >= 11 is 0. The highest BCUT2D eigenvalue weighted by molar-refractivity contribution is 6.13. The molecule has 0 amide bonds. The lowest BCUT2D eigenvalue weighted by atomic mass is 9.64. The Balaban J connectivity index is 1.23. The Kier molecular flexibility index (Phi) is 9.79. The van der Waals surface area contributed by atoms with Crippen molar-refractivity contribution in [3.8, 4) is 44.9 Å². The molecule has 0 saturated heterocycles. The topological polar surface area (TPSA) is 58.9 Å². The lowest BCUT2D eigenvalue weighted by molar-refractivity contribution is 0.203. The van der Waals surface area contributed by atoms with Gasteiger partial charge in [0, 0.05) is 10.8 Å². The van der Waals surface area contributed by atoms with Gasteiger partial charge in [-0.3, -0.25) is 0 Å². The molecular weight excluding hydrogens is 845 g/mol. The largest absolute Gasteiger partial charge is 0.491 e. The van der Waals surface area contributed by atoms with Gasteiger partial charge in [0.15, 0.2) is 0 Å². The van der Waals surface area contributed by atoms with Crippen LogP contribution < -0.4 is 9.47 Å². The lowest BCUT2D eigenvalue weighted by Gasteiger charge is -2.37. The molecule has 0 bridgehead atoms. The maximum absolute atomic E-state index is 9.83. The number of benzene rings is 12. The number of fused-ring (bicyclic) bond motifs is 11. The van der Waals surface area contributed by atoms with Crippen molar-refractivity contribution in [1.29, 1.82) is 0 Å². The maximum atomic E-state index is 9.83. The van der Waals surface area contributed by atoms with Gasteiger partial charge in [-0.05, 0) is 134 Å². The van der Waals surface area contributed by atoms with Crippen molar-refractivity contribution in [1.82, 2.24) is 0 Å². The van der Waals surface area contributed by atoms with Crippen LogP contribution in [-0.4, -0.2) is 36.6 Å². The van der Waals surface area contributed by atoms with Crippen LogP contribution in [0.3, 0.4) is 0 Å². The fraction of sp³-hybridized carbons (Fsp3) is 0.0769. The molecule has 12 aromatic carbocycles. The summed E-state index contributed by atoms with van der Waals surface area (Å²) in [7, 11) is 0. The molecule has 0 unspecified atom stereocenters.